The first-order valence-electron chi connectivity index (χ1n) is 9.69. The van der Waals surface area contributed by atoms with Gasteiger partial charge in [-0.25, -0.2) is 4.98 Å². The van der Waals surface area contributed by atoms with Gasteiger partial charge in [-0.15, -0.1) is 5.10 Å². The van der Waals surface area contributed by atoms with Crippen molar-refractivity contribution in [3.05, 3.63) is 58.0 Å². The molecule has 11 nitrogen and oxygen atoms in total. The number of rotatable bonds is 5. The van der Waals surface area contributed by atoms with Crippen molar-refractivity contribution in [2.24, 2.45) is 7.05 Å². The van der Waals surface area contributed by atoms with Crippen LogP contribution < -0.4 is 5.56 Å². The number of aryl methyl sites for hydroxylation is 1. The molecule has 0 radical (unpaired) electrons. The zero-order valence-electron chi connectivity index (χ0n) is 17.1. The summed E-state index contributed by atoms with van der Waals surface area (Å²) in [5, 5.41) is 14.1. The minimum atomic E-state index is -0.380. The van der Waals surface area contributed by atoms with E-state index in [1.807, 2.05) is 0 Å². The third-order valence-corrected chi connectivity index (χ3v) is 6.04. The van der Waals surface area contributed by atoms with Crippen LogP contribution in [0.5, 0.6) is 0 Å². The number of aromatic amines is 2. The maximum absolute atomic E-state index is 13.3. The number of aromatic nitrogens is 6. The van der Waals surface area contributed by atoms with Crippen molar-refractivity contribution in [3.63, 3.8) is 0 Å². The Morgan fingerprint density at radius 3 is 2.84 bits per heavy atom. The van der Waals surface area contributed by atoms with Gasteiger partial charge in [-0.05, 0) is 13.0 Å². The third-order valence-electron chi connectivity index (χ3n) is 5.20. The van der Waals surface area contributed by atoms with Gasteiger partial charge in [-0.3, -0.25) is 24.6 Å². The van der Waals surface area contributed by atoms with E-state index in [0.29, 0.717) is 36.3 Å². The average Bonchev–Trinajstić information content (AvgIpc) is 3.45. The molecule has 162 valence electrons. The van der Waals surface area contributed by atoms with Gasteiger partial charge in [0.15, 0.2) is 0 Å². The lowest BCUT2D eigenvalue weighted by Crippen LogP contribution is -2.53. The van der Waals surface area contributed by atoms with Gasteiger partial charge in [-0.2, -0.15) is 5.10 Å². The molecule has 0 bridgehead atoms. The normalized spacial score (nSPS) is 16.5. The third kappa shape index (κ3) is 4.38. The van der Waals surface area contributed by atoms with E-state index in [0.717, 1.165) is 5.56 Å². The van der Waals surface area contributed by atoms with Gasteiger partial charge in [0.2, 0.25) is 11.1 Å². The summed E-state index contributed by atoms with van der Waals surface area (Å²) >= 11 is 1.27. The Kier molecular flexibility index (Phi) is 5.89. The summed E-state index contributed by atoms with van der Waals surface area (Å²) in [6.45, 7) is 2.87. The number of H-pyrrole nitrogens is 2. The quantitative estimate of drug-likeness (QED) is 0.545. The van der Waals surface area contributed by atoms with Crippen LogP contribution in [-0.4, -0.2) is 76.9 Å². The van der Waals surface area contributed by atoms with Crippen LogP contribution >= 0.6 is 11.8 Å². The first kappa shape index (κ1) is 20.8. The van der Waals surface area contributed by atoms with Crippen LogP contribution in [0.15, 0.2) is 40.5 Å². The van der Waals surface area contributed by atoms with Crippen molar-refractivity contribution in [3.8, 4) is 0 Å². The summed E-state index contributed by atoms with van der Waals surface area (Å²) in [6, 6.07) is 4.23. The lowest BCUT2D eigenvalue weighted by Gasteiger charge is -2.41. The SMILES string of the molecule is Cc1nc(SCC(=O)N2CCN(C(=O)c3cccc(=O)n3C)C(c3cn[nH]c3)C2)n[nH]1. The van der Waals surface area contributed by atoms with E-state index >= 15 is 0 Å². The van der Waals surface area contributed by atoms with E-state index in [-0.39, 0.29) is 29.2 Å². The highest BCUT2D eigenvalue weighted by Gasteiger charge is 2.35. The molecule has 1 unspecified atom stereocenters. The fourth-order valence-electron chi connectivity index (χ4n) is 3.51. The molecule has 0 spiro atoms. The smallest absolute Gasteiger partial charge is 0.271 e. The second-order valence-corrected chi connectivity index (χ2v) is 8.13. The second-order valence-electron chi connectivity index (χ2n) is 7.19. The van der Waals surface area contributed by atoms with Crippen LogP contribution in [0, 0.1) is 6.92 Å². The van der Waals surface area contributed by atoms with Gasteiger partial charge >= 0.3 is 0 Å². The number of nitrogens with one attached hydrogen (secondary N) is 2. The molecule has 1 aliphatic rings. The number of hydrogen-bond donors (Lipinski definition) is 2. The first-order valence-corrected chi connectivity index (χ1v) is 10.7. The maximum Gasteiger partial charge on any atom is 0.271 e. The van der Waals surface area contributed by atoms with Crippen LogP contribution in [0.4, 0.5) is 0 Å². The molecule has 3 aromatic heterocycles. The Hall–Kier alpha value is -3.41. The van der Waals surface area contributed by atoms with Gasteiger partial charge in [0, 0.05) is 44.5 Å². The van der Waals surface area contributed by atoms with Crippen molar-refractivity contribution in [1.29, 1.82) is 0 Å². The molecular formula is C19H22N8O3S. The van der Waals surface area contributed by atoms with Crippen LogP contribution in [0.1, 0.15) is 27.9 Å². The first-order chi connectivity index (χ1) is 14.9. The van der Waals surface area contributed by atoms with Gasteiger partial charge in [-0.1, -0.05) is 17.8 Å². The molecule has 12 heteroatoms. The van der Waals surface area contributed by atoms with Crippen molar-refractivity contribution >= 4 is 23.6 Å². The van der Waals surface area contributed by atoms with E-state index < -0.39 is 0 Å². The van der Waals surface area contributed by atoms with Gasteiger partial charge in [0.25, 0.3) is 11.5 Å². The molecule has 0 aromatic carbocycles. The van der Waals surface area contributed by atoms with Gasteiger partial charge in [0.1, 0.15) is 11.5 Å². The molecule has 1 fully saturated rings. The number of amides is 2. The molecular weight excluding hydrogens is 420 g/mol. The molecule has 2 amide bonds. The number of carbonyl (C=O) groups is 2. The molecule has 1 atom stereocenters. The van der Waals surface area contributed by atoms with Crippen LogP contribution in [0.25, 0.3) is 0 Å². The Labute approximate surface area is 181 Å². The van der Waals surface area contributed by atoms with Gasteiger partial charge < -0.3 is 14.4 Å². The molecule has 31 heavy (non-hydrogen) atoms. The second kappa shape index (κ2) is 8.76. The molecule has 0 saturated carbocycles. The summed E-state index contributed by atoms with van der Waals surface area (Å²) in [6.07, 6.45) is 3.36. The Morgan fingerprint density at radius 1 is 1.29 bits per heavy atom. The zero-order valence-corrected chi connectivity index (χ0v) is 17.9. The molecule has 1 saturated heterocycles. The van der Waals surface area contributed by atoms with Crippen LogP contribution in [0.3, 0.4) is 0 Å². The van der Waals surface area contributed by atoms with E-state index in [1.165, 1.54) is 22.4 Å². The number of pyridine rings is 1. The molecule has 3 aromatic rings. The van der Waals surface area contributed by atoms with Crippen LogP contribution in [-0.2, 0) is 11.8 Å². The van der Waals surface area contributed by atoms with Gasteiger partial charge in [0.05, 0.1) is 18.0 Å². The van der Waals surface area contributed by atoms with Crippen LogP contribution in [0.2, 0.25) is 0 Å². The average molecular weight is 443 g/mol. The van der Waals surface area contributed by atoms with Crippen molar-refractivity contribution in [1.82, 2.24) is 39.7 Å². The predicted molar refractivity (Wildman–Crippen MR) is 112 cm³/mol. The summed E-state index contributed by atoms with van der Waals surface area (Å²) in [5.74, 6) is 0.581. The highest BCUT2D eigenvalue weighted by molar-refractivity contribution is 7.99. The monoisotopic (exact) mass is 442 g/mol. The summed E-state index contributed by atoms with van der Waals surface area (Å²) in [4.78, 5) is 45.7. The zero-order chi connectivity index (χ0) is 22.0. The lowest BCUT2D eigenvalue weighted by molar-refractivity contribution is -0.131. The highest BCUT2D eigenvalue weighted by atomic mass is 32.2. The summed E-state index contributed by atoms with van der Waals surface area (Å²) in [7, 11) is 1.57. The number of carbonyl (C=O) groups excluding carboxylic acids is 2. The summed E-state index contributed by atoms with van der Waals surface area (Å²) < 4.78 is 1.34. The molecule has 0 aliphatic carbocycles. The number of nitrogens with zero attached hydrogens (tertiary/aromatic N) is 6. The minimum Gasteiger partial charge on any atom is -0.338 e. The topological polar surface area (TPSA) is 133 Å². The lowest BCUT2D eigenvalue weighted by atomic mass is 10.0. The van der Waals surface area contributed by atoms with E-state index in [4.69, 9.17) is 0 Å². The van der Waals surface area contributed by atoms with E-state index in [1.54, 1.807) is 48.3 Å². The molecule has 4 rings (SSSR count). The van der Waals surface area contributed by atoms with Crippen molar-refractivity contribution in [2.45, 2.75) is 18.1 Å². The van der Waals surface area contributed by atoms with Crippen molar-refractivity contribution < 1.29 is 9.59 Å². The number of piperazine rings is 1. The Morgan fingerprint density at radius 2 is 2.13 bits per heavy atom. The minimum absolute atomic E-state index is 0.0554. The molecule has 1 aliphatic heterocycles. The van der Waals surface area contributed by atoms with E-state index in [2.05, 4.69) is 25.4 Å². The highest BCUT2D eigenvalue weighted by Crippen LogP contribution is 2.27. The summed E-state index contributed by atoms with van der Waals surface area (Å²) in [5.41, 5.74) is 0.846. The fraction of sp³-hybridized carbons (Fsp3) is 0.368. The molecule has 2 N–H and O–H groups in total. The van der Waals surface area contributed by atoms with Crippen molar-refractivity contribution in [2.75, 3.05) is 25.4 Å². The predicted octanol–water partition coefficient (Wildman–Crippen LogP) is 0.353. The number of thioether (sulfide) groups is 1. The molecule has 4 heterocycles. The van der Waals surface area contributed by atoms with E-state index in [9.17, 15) is 14.4 Å². The largest absolute Gasteiger partial charge is 0.338 e. The Bertz CT molecular complexity index is 1140. The number of hydrogen-bond acceptors (Lipinski definition) is 7. The fourth-order valence-corrected chi connectivity index (χ4v) is 4.26. The maximum atomic E-state index is 13.3. The standard InChI is InChI=1S/C19H22N8O3S/c1-12-22-19(24-23-12)31-11-17(29)26-6-7-27(15(10-26)13-8-20-21-9-13)18(30)14-4-3-5-16(28)25(14)2/h3-5,8-9,15H,6-7,10-11H2,1-2H3,(H,20,21)(H,22,23,24). The Balaban J connectivity index is 1.51.